The fourth-order valence-corrected chi connectivity index (χ4v) is 3.87. The predicted molar refractivity (Wildman–Crippen MR) is 74.7 cm³/mol. The number of carboxylic acids is 1. The van der Waals surface area contributed by atoms with E-state index >= 15 is 0 Å². The normalized spacial score (nSPS) is 21.4. The molecule has 1 saturated heterocycles. The van der Waals surface area contributed by atoms with E-state index in [1.165, 1.54) is 14.0 Å². The first-order valence-corrected chi connectivity index (χ1v) is 8.24. The molecule has 1 N–H and O–H groups in total. The van der Waals surface area contributed by atoms with Crippen LogP contribution in [-0.2, 0) is 24.5 Å². The van der Waals surface area contributed by atoms with Crippen molar-refractivity contribution in [3.63, 3.8) is 0 Å². The van der Waals surface area contributed by atoms with Crippen molar-refractivity contribution < 1.29 is 27.9 Å². The van der Waals surface area contributed by atoms with Gasteiger partial charge in [0.25, 0.3) is 10.2 Å². The van der Waals surface area contributed by atoms with Gasteiger partial charge in [-0.25, -0.2) is 0 Å². The summed E-state index contributed by atoms with van der Waals surface area (Å²) in [6.07, 6.45) is 0.991. The summed E-state index contributed by atoms with van der Waals surface area (Å²) in [6.45, 7) is 3.37. The molecule has 2 unspecified atom stereocenters. The Labute approximate surface area is 124 Å². The van der Waals surface area contributed by atoms with E-state index in [0.29, 0.717) is 12.8 Å². The molecule has 0 amide bonds. The van der Waals surface area contributed by atoms with Crippen LogP contribution in [0.25, 0.3) is 0 Å². The van der Waals surface area contributed by atoms with Gasteiger partial charge in [0, 0.05) is 20.1 Å². The highest BCUT2D eigenvalue weighted by Gasteiger charge is 2.41. The van der Waals surface area contributed by atoms with Gasteiger partial charge in [-0.1, -0.05) is 6.92 Å². The smallest absolute Gasteiger partial charge is 0.324 e. The summed E-state index contributed by atoms with van der Waals surface area (Å²) in [7, 11) is -2.56. The second-order valence-electron chi connectivity index (χ2n) is 5.05. The molecule has 8 nitrogen and oxygen atoms in total. The minimum absolute atomic E-state index is 0.149. The molecular weight excluding hydrogens is 300 g/mol. The van der Waals surface area contributed by atoms with Crippen molar-refractivity contribution in [2.75, 3.05) is 26.7 Å². The molecular formula is C12H22N2O6S. The van der Waals surface area contributed by atoms with Crippen LogP contribution in [0.3, 0.4) is 0 Å². The first-order chi connectivity index (χ1) is 9.71. The quantitative estimate of drug-likeness (QED) is 0.657. The molecule has 0 bridgehead atoms. The lowest BCUT2D eigenvalue weighted by atomic mass is 10.2. The monoisotopic (exact) mass is 322 g/mol. The van der Waals surface area contributed by atoms with Gasteiger partial charge in [-0.05, 0) is 19.8 Å². The molecule has 1 aliphatic rings. The zero-order valence-corrected chi connectivity index (χ0v) is 13.3. The van der Waals surface area contributed by atoms with Crippen LogP contribution in [-0.4, -0.2) is 66.9 Å². The van der Waals surface area contributed by atoms with Crippen molar-refractivity contribution in [3.05, 3.63) is 0 Å². The van der Waals surface area contributed by atoms with Gasteiger partial charge in [-0.3, -0.25) is 9.59 Å². The number of hydrogen-bond donors (Lipinski definition) is 1. The molecule has 0 aliphatic carbocycles. The fourth-order valence-electron chi connectivity index (χ4n) is 2.23. The maximum atomic E-state index is 12.5. The van der Waals surface area contributed by atoms with Gasteiger partial charge in [0.2, 0.25) is 0 Å². The molecule has 1 heterocycles. The van der Waals surface area contributed by atoms with Crippen LogP contribution in [0.1, 0.15) is 26.7 Å². The van der Waals surface area contributed by atoms with Gasteiger partial charge in [-0.2, -0.15) is 17.0 Å². The Morgan fingerprint density at radius 3 is 2.62 bits per heavy atom. The minimum atomic E-state index is -3.88. The van der Waals surface area contributed by atoms with Crippen molar-refractivity contribution >= 4 is 22.1 Å². The number of carbonyl (C=O) groups excluding carboxylic acids is 1. The molecule has 0 spiro atoms. The van der Waals surface area contributed by atoms with Gasteiger partial charge in [0.05, 0.1) is 12.5 Å². The molecule has 0 aromatic carbocycles. The molecule has 9 heteroatoms. The number of hydrogen-bond acceptors (Lipinski definition) is 5. The lowest BCUT2D eigenvalue weighted by molar-refractivity contribution is -0.147. The molecule has 0 aromatic heterocycles. The number of aliphatic carboxylic acids is 1. The van der Waals surface area contributed by atoms with E-state index in [0.717, 1.165) is 8.61 Å². The average Bonchev–Trinajstić information content (AvgIpc) is 2.88. The first kappa shape index (κ1) is 17.9. The third-order valence-corrected chi connectivity index (χ3v) is 5.37. The topological polar surface area (TPSA) is 104 Å². The van der Waals surface area contributed by atoms with Crippen LogP contribution >= 0.6 is 0 Å². The van der Waals surface area contributed by atoms with Crippen LogP contribution in [0.5, 0.6) is 0 Å². The van der Waals surface area contributed by atoms with Crippen molar-refractivity contribution in [2.45, 2.75) is 32.7 Å². The maximum absolute atomic E-state index is 12.5. The van der Waals surface area contributed by atoms with Crippen molar-refractivity contribution in [2.24, 2.45) is 5.92 Å². The van der Waals surface area contributed by atoms with E-state index in [1.807, 2.05) is 0 Å². The minimum Gasteiger partial charge on any atom is -0.481 e. The van der Waals surface area contributed by atoms with Crippen LogP contribution in [0.4, 0.5) is 0 Å². The summed E-state index contributed by atoms with van der Waals surface area (Å²) >= 11 is 0. The highest BCUT2D eigenvalue weighted by atomic mass is 32.2. The highest BCUT2D eigenvalue weighted by Crippen LogP contribution is 2.24. The standard InChI is InChI=1S/C12H22N2O6S/c1-4-20-12(17)10-6-5-7-14(10)21(18,19)13(3)8-9(2)11(15)16/h9-10H,4-8H2,1-3H3,(H,15,16). The van der Waals surface area contributed by atoms with Gasteiger partial charge in [0.15, 0.2) is 0 Å². The molecule has 0 aromatic rings. The predicted octanol–water partition coefficient (Wildman–Crippen LogP) is -0.0888. The van der Waals surface area contributed by atoms with Gasteiger partial charge in [0.1, 0.15) is 6.04 Å². The van der Waals surface area contributed by atoms with E-state index in [9.17, 15) is 18.0 Å². The summed E-state index contributed by atoms with van der Waals surface area (Å²) in [4.78, 5) is 22.6. The number of esters is 1. The summed E-state index contributed by atoms with van der Waals surface area (Å²) in [6, 6.07) is -0.822. The molecule has 0 saturated carbocycles. The van der Waals surface area contributed by atoms with Crippen LogP contribution in [0.15, 0.2) is 0 Å². The highest BCUT2D eigenvalue weighted by molar-refractivity contribution is 7.86. The Kier molecular flexibility index (Phi) is 6.11. The summed E-state index contributed by atoms with van der Waals surface area (Å²) in [5, 5.41) is 8.86. The molecule has 21 heavy (non-hydrogen) atoms. The second-order valence-corrected chi connectivity index (χ2v) is 7.04. The molecule has 2 atom stereocenters. The van der Waals surface area contributed by atoms with Crippen LogP contribution in [0.2, 0.25) is 0 Å². The number of carbonyl (C=O) groups is 2. The van der Waals surface area contributed by atoms with E-state index in [-0.39, 0.29) is 19.7 Å². The Morgan fingerprint density at radius 1 is 1.48 bits per heavy atom. The zero-order valence-electron chi connectivity index (χ0n) is 12.5. The van der Waals surface area contributed by atoms with E-state index in [2.05, 4.69) is 0 Å². The lowest BCUT2D eigenvalue weighted by Crippen LogP contribution is -2.48. The van der Waals surface area contributed by atoms with Crippen molar-refractivity contribution in [1.82, 2.24) is 8.61 Å². The number of rotatable bonds is 7. The SMILES string of the molecule is CCOC(=O)C1CCCN1S(=O)(=O)N(C)CC(C)C(=O)O. The Morgan fingerprint density at radius 2 is 2.10 bits per heavy atom. The van der Waals surface area contributed by atoms with E-state index < -0.39 is 34.1 Å². The average molecular weight is 322 g/mol. The van der Waals surface area contributed by atoms with Gasteiger partial charge >= 0.3 is 11.9 Å². The van der Waals surface area contributed by atoms with E-state index in [1.54, 1.807) is 6.92 Å². The molecule has 1 aliphatic heterocycles. The summed E-state index contributed by atoms with van der Waals surface area (Å²) in [5.74, 6) is -2.45. The number of nitrogens with zero attached hydrogens (tertiary/aromatic N) is 2. The van der Waals surface area contributed by atoms with Crippen LogP contribution < -0.4 is 0 Å². The third-order valence-electron chi connectivity index (χ3n) is 3.41. The van der Waals surface area contributed by atoms with Crippen molar-refractivity contribution in [1.29, 1.82) is 0 Å². The third kappa shape index (κ3) is 4.14. The van der Waals surface area contributed by atoms with Crippen LogP contribution in [0, 0.1) is 5.92 Å². The molecule has 122 valence electrons. The number of carboxylic acid groups (broad SMARTS) is 1. The first-order valence-electron chi connectivity index (χ1n) is 6.84. The molecule has 0 radical (unpaired) electrons. The van der Waals surface area contributed by atoms with E-state index in [4.69, 9.17) is 9.84 Å². The van der Waals surface area contributed by atoms with Gasteiger partial charge in [-0.15, -0.1) is 0 Å². The summed E-state index contributed by atoms with van der Waals surface area (Å²) in [5.41, 5.74) is 0. The Balaban J connectivity index is 2.85. The summed E-state index contributed by atoms with van der Waals surface area (Å²) < 4.78 is 31.9. The maximum Gasteiger partial charge on any atom is 0.324 e. The largest absolute Gasteiger partial charge is 0.481 e. The molecule has 1 rings (SSSR count). The second kappa shape index (κ2) is 7.19. The van der Waals surface area contributed by atoms with Crippen molar-refractivity contribution in [3.8, 4) is 0 Å². The molecule has 1 fully saturated rings. The fraction of sp³-hybridized carbons (Fsp3) is 0.833. The van der Waals surface area contributed by atoms with Gasteiger partial charge < -0.3 is 9.84 Å². The zero-order chi connectivity index (χ0) is 16.2. The Bertz CT molecular complexity index is 492. The Hall–Kier alpha value is -1.19. The lowest BCUT2D eigenvalue weighted by Gasteiger charge is -2.28. The number of ether oxygens (including phenoxy) is 1.